The number of rotatable bonds is 5. The van der Waals surface area contributed by atoms with Crippen LogP contribution >= 0.6 is 0 Å². The topological polar surface area (TPSA) is 88.4 Å². The number of hydrogen-bond donors (Lipinski definition) is 2. The first kappa shape index (κ1) is 18.2. The van der Waals surface area contributed by atoms with Crippen molar-refractivity contribution in [2.75, 3.05) is 0 Å². The number of nitrogens with one attached hydrogen (secondary N) is 2. The molecule has 1 saturated carbocycles. The Morgan fingerprint density at radius 3 is 2.64 bits per heavy atom. The van der Waals surface area contributed by atoms with Crippen LogP contribution in [0, 0.1) is 0 Å². The SMILES string of the molecule is O=C(NCc1ccccn1)c1nc(C(=O)NC2CCCCC2)n2ccccc12. The third-order valence-corrected chi connectivity index (χ3v) is 5.06. The number of nitrogens with zero attached hydrogens (tertiary/aromatic N) is 3. The summed E-state index contributed by atoms with van der Waals surface area (Å²) in [5.41, 5.74) is 1.61. The zero-order valence-corrected chi connectivity index (χ0v) is 15.6. The van der Waals surface area contributed by atoms with Crippen LogP contribution in [0.25, 0.3) is 5.52 Å². The van der Waals surface area contributed by atoms with E-state index < -0.39 is 0 Å². The maximum Gasteiger partial charge on any atom is 0.287 e. The van der Waals surface area contributed by atoms with Crippen LogP contribution in [0.1, 0.15) is 58.9 Å². The summed E-state index contributed by atoms with van der Waals surface area (Å²) in [7, 11) is 0. The van der Waals surface area contributed by atoms with E-state index in [1.807, 2.05) is 30.3 Å². The minimum absolute atomic E-state index is 0.179. The molecule has 0 bridgehead atoms. The molecule has 0 aromatic carbocycles. The van der Waals surface area contributed by atoms with E-state index in [4.69, 9.17) is 0 Å². The van der Waals surface area contributed by atoms with Gasteiger partial charge in [0.25, 0.3) is 11.8 Å². The summed E-state index contributed by atoms with van der Waals surface area (Å²) in [6.45, 7) is 0.301. The monoisotopic (exact) mass is 377 g/mol. The average molecular weight is 377 g/mol. The lowest BCUT2D eigenvalue weighted by molar-refractivity contribution is 0.0916. The number of carbonyl (C=O) groups is 2. The fraction of sp³-hybridized carbons (Fsp3) is 0.333. The van der Waals surface area contributed by atoms with Gasteiger partial charge in [-0.25, -0.2) is 4.98 Å². The van der Waals surface area contributed by atoms with Crippen molar-refractivity contribution in [2.45, 2.75) is 44.7 Å². The molecule has 0 atom stereocenters. The van der Waals surface area contributed by atoms with Gasteiger partial charge in [-0.2, -0.15) is 0 Å². The Hall–Kier alpha value is -3.22. The number of aromatic nitrogens is 3. The Labute approximate surface area is 163 Å². The lowest BCUT2D eigenvalue weighted by Crippen LogP contribution is -2.37. The molecular formula is C21H23N5O2. The van der Waals surface area contributed by atoms with E-state index in [9.17, 15) is 9.59 Å². The van der Waals surface area contributed by atoms with Crippen molar-refractivity contribution < 1.29 is 9.59 Å². The lowest BCUT2D eigenvalue weighted by atomic mass is 9.95. The van der Waals surface area contributed by atoms with Crippen molar-refractivity contribution in [3.05, 3.63) is 66.0 Å². The van der Waals surface area contributed by atoms with Crippen LogP contribution in [-0.4, -0.2) is 32.2 Å². The molecule has 0 radical (unpaired) electrons. The third-order valence-electron chi connectivity index (χ3n) is 5.06. The number of pyridine rings is 2. The first-order valence-corrected chi connectivity index (χ1v) is 9.68. The molecule has 1 aliphatic rings. The number of imidazole rings is 1. The summed E-state index contributed by atoms with van der Waals surface area (Å²) in [4.78, 5) is 34.1. The van der Waals surface area contributed by atoms with Gasteiger partial charge in [0.15, 0.2) is 5.69 Å². The van der Waals surface area contributed by atoms with Gasteiger partial charge >= 0.3 is 0 Å². The lowest BCUT2D eigenvalue weighted by Gasteiger charge is -2.22. The van der Waals surface area contributed by atoms with Gasteiger partial charge < -0.3 is 10.6 Å². The fourth-order valence-corrected chi connectivity index (χ4v) is 3.62. The quantitative estimate of drug-likeness (QED) is 0.716. The zero-order chi connectivity index (χ0) is 19.3. The maximum absolute atomic E-state index is 12.8. The van der Waals surface area contributed by atoms with Gasteiger partial charge in [0.1, 0.15) is 0 Å². The molecule has 28 heavy (non-hydrogen) atoms. The van der Waals surface area contributed by atoms with Crippen molar-refractivity contribution in [1.82, 2.24) is 25.0 Å². The summed E-state index contributed by atoms with van der Waals surface area (Å²) in [5.74, 6) is -0.327. The Morgan fingerprint density at radius 1 is 1.04 bits per heavy atom. The fourth-order valence-electron chi connectivity index (χ4n) is 3.62. The Kier molecular flexibility index (Phi) is 5.32. The first-order valence-electron chi connectivity index (χ1n) is 9.68. The smallest absolute Gasteiger partial charge is 0.287 e. The molecule has 7 nitrogen and oxygen atoms in total. The van der Waals surface area contributed by atoms with Crippen LogP contribution in [-0.2, 0) is 6.54 Å². The van der Waals surface area contributed by atoms with Crippen molar-refractivity contribution in [1.29, 1.82) is 0 Å². The normalized spacial score (nSPS) is 14.7. The maximum atomic E-state index is 12.8. The Bertz CT molecular complexity index is 977. The molecule has 1 aliphatic carbocycles. The molecule has 3 aromatic heterocycles. The van der Waals surface area contributed by atoms with Crippen LogP contribution in [0.2, 0.25) is 0 Å². The number of amides is 2. The van der Waals surface area contributed by atoms with Crippen molar-refractivity contribution in [3.63, 3.8) is 0 Å². The zero-order valence-electron chi connectivity index (χ0n) is 15.6. The van der Waals surface area contributed by atoms with E-state index in [0.29, 0.717) is 12.1 Å². The van der Waals surface area contributed by atoms with Crippen LogP contribution in [0.15, 0.2) is 48.8 Å². The standard InChI is InChI=1S/C21H23N5O2/c27-20(23-14-16-10-4-6-12-22-16)18-17-11-5-7-13-26(17)19(25-18)21(28)24-15-8-2-1-3-9-15/h4-7,10-13,15H,1-3,8-9,14H2,(H,23,27)(H,24,28). The predicted molar refractivity (Wildman–Crippen MR) is 105 cm³/mol. The Balaban J connectivity index is 1.55. The van der Waals surface area contributed by atoms with Crippen molar-refractivity contribution in [3.8, 4) is 0 Å². The van der Waals surface area contributed by atoms with Crippen LogP contribution in [0.5, 0.6) is 0 Å². The van der Waals surface area contributed by atoms with Gasteiger partial charge in [0.2, 0.25) is 5.82 Å². The molecule has 2 N–H and O–H groups in total. The van der Waals surface area contributed by atoms with Gasteiger partial charge in [-0.05, 0) is 37.1 Å². The van der Waals surface area contributed by atoms with Crippen molar-refractivity contribution >= 4 is 17.3 Å². The summed E-state index contributed by atoms with van der Waals surface area (Å²) in [6.07, 6.45) is 8.91. The summed E-state index contributed by atoms with van der Waals surface area (Å²) < 4.78 is 1.67. The number of carbonyl (C=O) groups excluding carboxylic acids is 2. The van der Waals surface area contributed by atoms with E-state index in [1.54, 1.807) is 22.9 Å². The van der Waals surface area contributed by atoms with Crippen LogP contribution in [0.4, 0.5) is 0 Å². The van der Waals surface area contributed by atoms with E-state index in [-0.39, 0.29) is 29.4 Å². The molecule has 4 rings (SSSR count). The molecular weight excluding hydrogens is 354 g/mol. The summed E-state index contributed by atoms with van der Waals surface area (Å²) in [6, 6.07) is 11.2. The van der Waals surface area contributed by atoms with E-state index in [1.165, 1.54) is 6.42 Å². The molecule has 144 valence electrons. The van der Waals surface area contributed by atoms with Gasteiger partial charge in [0, 0.05) is 18.4 Å². The highest BCUT2D eigenvalue weighted by Crippen LogP contribution is 2.19. The van der Waals surface area contributed by atoms with Crippen LogP contribution < -0.4 is 10.6 Å². The highest BCUT2D eigenvalue weighted by Gasteiger charge is 2.23. The molecule has 7 heteroatoms. The molecule has 0 spiro atoms. The minimum atomic E-state index is -0.328. The van der Waals surface area contributed by atoms with E-state index in [2.05, 4.69) is 20.6 Å². The third kappa shape index (κ3) is 3.88. The molecule has 3 aromatic rings. The average Bonchev–Trinajstić information content (AvgIpc) is 3.13. The van der Waals surface area contributed by atoms with E-state index >= 15 is 0 Å². The molecule has 0 aliphatic heterocycles. The molecule has 0 unspecified atom stereocenters. The molecule has 3 heterocycles. The van der Waals surface area contributed by atoms with Gasteiger partial charge in [0.05, 0.1) is 17.8 Å². The highest BCUT2D eigenvalue weighted by atomic mass is 16.2. The predicted octanol–water partition coefficient (Wildman–Crippen LogP) is 2.72. The molecule has 2 amide bonds. The molecule has 1 fully saturated rings. The second kappa shape index (κ2) is 8.21. The highest BCUT2D eigenvalue weighted by molar-refractivity contribution is 6.02. The van der Waals surface area contributed by atoms with Crippen molar-refractivity contribution in [2.24, 2.45) is 0 Å². The Morgan fingerprint density at radius 2 is 1.86 bits per heavy atom. The minimum Gasteiger partial charge on any atom is -0.347 e. The first-order chi connectivity index (χ1) is 13.7. The second-order valence-electron chi connectivity index (χ2n) is 7.05. The molecule has 0 saturated heterocycles. The van der Waals surface area contributed by atoms with Gasteiger partial charge in [-0.3, -0.25) is 19.0 Å². The number of fused-ring (bicyclic) bond motifs is 1. The largest absolute Gasteiger partial charge is 0.347 e. The summed E-state index contributed by atoms with van der Waals surface area (Å²) in [5, 5.41) is 5.91. The number of hydrogen-bond acceptors (Lipinski definition) is 4. The van der Waals surface area contributed by atoms with Gasteiger partial charge in [-0.15, -0.1) is 0 Å². The van der Waals surface area contributed by atoms with E-state index in [0.717, 1.165) is 31.4 Å². The second-order valence-corrected chi connectivity index (χ2v) is 7.05. The summed E-state index contributed by atoms with van der Waals surface area (Å²) >= 11 is 0. The van der Waals surface area contributed by atoms with Crippen LogP contribution in [0.3, 0.4) is 0 Å². The van der Waals surface area contributed by atoms with Gasteiger partial charge in [-0.1, -0.05) is 31.4 Å².